The number of rotatable bonds is 8. The van der Waals surface area contributed by atoms with Gasteiger partial charge in [0.2, 0.25) is 0 Å². The third-order valence-electron chi connectivity index (χ3n) is 5.96. The molecule has 1 heterocycles. The molecule has 0 aliphatic carbocycles. The number of benzene rings is 3. The van der Waals surface area contributed by atoms with Gasteiger partial charge >= 0.3 is 0 Å². The fourth-order valence-electron chi connectivity index (χ4n) is 4.01. The zero-order valence-electron chi connectivity index (χ0n) is 21.0. The molecule has 1 amide bonds. The van der Waals surface area contributed by atoms with Gasteiger partial charge in [-0.15, -0.1) is 0 Å². The first-order valence-corrected chi connectivity index (χ1v) is 13.1. The molecule has 0 unspecified atom stereocenters. The lowest BCUT2D eigenvalue weighted by Crippen LogP contribution is -2.39. The van der Waals surface area contributed by atoms with E-state index in [2.05, 4.69) is 10.5 Å². The number of aryl methyl sites for hydroxylation is 2. The minimum absolute atomic E-state index is 0.00282. The molecule has 10 heteroatoms. The van der Waals surface area contributed by atoms with Crippen molar-refractivity contribution in [3.05, 3.63) is 113 Å². The lowest BCUT2D eigenvalue weighted by molar-refractivity contribution is -0.119. The number of nitrogens with zero attached hydrogens (tertiary/aromatic N) is 3. The predicted octanol–water partition coefficient (Wildman–Crippen LogP) is 5.03. The zero-order valence-corrected chi connectivity index (χ0v) is 21.8. The van der Waals surface area contributed by atoms with E-state index in [1.165, 1.54) is 42.6 Å². The highest BCUT2D eigenvalue weighted by Crippen LogP contribution is 2.24. The van der Waals surface area contributed by atoms with Crippen LogP contribution in [0.1, 0.15) is 22.5 Å². The number of hydrazone groups is 1. The smallest absolute Gasteiger partial charge is 0.264 e. The van der Waals surface area contributed by atoms with Gasteiger partial charge in [0, 0.05) is 22.6 Å². The number of nitrogens with one attached hydrogen (secondary N) is 1. The van der Waals surface area contributed by atoms with Crippen molar-refractivity contribution in [2.24, 2.45) is 5.10 Å². The number of hydrogen-bond acceptors (Lipinski definition) is 4. The highest BCUT2D eigenvalue weighted by atomic mass is 32.2. The number of halogens is 2. The Morgan fingerprint density at radius 1 is 0.921 bits per heavy atom. The van der Waals surface area contributed by atoms with Crippen LogP contribution in [0.4, 0.5) is 14.5 Å². The maximum atomic E-state index is 13.5. The number of amides is 1. The molecule has 0 bridgehead atoms. The molecule has 0 fully saturated rings. The maximum absolute atomic E-state index is 13.5. The van der Waals surface area contributed by atoms with Gasteiger partial charge in [-0.3, -0.25) is 9.10 Å². The summed E-state index contributed by atoms with van der Waals surface area (Å²) in [7, 11) is -4.13. The highest BCUT2D eigenvalue weighted by Gasteiger charge is 2.27. The average Bonchev–Trinajstić information content (AvgIpc) is 3.16. The van der Waals surface area contributed by atoms with Crippen LogP contribution >= 0.6 is 0 Å². The molecule has 7 nitrogen and oxygen atoms in total. The summed E-state index contributed by atoms with van der Waals surface area (Å²) in [5.74, 6) is -1.55. The minimum atomic E-state index is -4.13. The van der Waals surface area contributed by atoms with Crippen molar-refractivity contribution in [3.63, 3.8) is 0 Å². The van der Waals surface area contributed by atoms with Gasteiger partial charge in [0.1, 0.15) is 18.2 Å². The van der Waals surface area contributed by atoms with Crippen LogP contribution in [0.25, 0.3) is 5.69 Å². The van der Waals surface area contributed by atoms with Gasteiger partial charge in [-0.2, -0.15) is 5.10 Å². The van der Waals surface area contributed by atoms with E-state index in [-0.39, 0.29) is 16.4 Å². The van der Waals surface area contributed by atoms with Crippen LogP contribution in [0.5, 0.6) is 0 Å². The number of carbonyl (C=O) groups is 1. The lowest BCUT2D eigenvalue weighted by atomic mass is 10.2. The number of sulfonamides is 1. The molecule has 196 valence electrons. The fraction of sp³-hybridized carbons (Fsp3) is 0.143. The second kappa shape index (κ2) is 11.0. The first-order valence-electron chi connectivity index (χ1n) is 11.7. The second-order valence-electron chi connectivity index (χ2n) is 8.73. The summed E-state index contributed by atoms with van der Waals surface area (Å²) in [5, 5.41) is 4.01. The summed E-state index contributed by atoms with van der Waals surface area (Å²) in [4.78, 5) is 12.8. The van der Waals surface area contributed by atoms with Crippen molar-refractivity contribution >= 4 is 27.8 Å². The Morgan fingerprint density at radius 3 is 2.11 bits per heavy atom. The molecule has 1 aromatic heterocycles. The van der Waals surface area contributed by atoms with Gasteiger partial charge < -0.3 is 4.57 Å². The predicted molar refractivity (Wildman–Crippen MR) is 143 cm³/mol. The van der Waals surface area contributed by atoms with Crippen molar-refractivity contribution in [2.45, 2.75) is 25.7 Å². The molecule has 0 atom stereocenters. The Labute approximate surface area is 220 Å². The SMILES string of the molecule is Cc1ccc(S(=O)(=O)N(CC(=O)N/N=C\c2cc(C)n(-c3ccc(F)cc3)c2C)c2ccc(F)cc2)cc1. The number of aromatic nitrogens is 1. The summed E-state index contributed by atoms with van der Waals surface area (Å²) < 4.78 is 56.4. The first kappa shape index (κ1) is 26.7. The molecule has 1 N–H and O–H groups in total. The van der Waals surface area contributed by atoms with Crippen LogP contribution in [0, 0.1) is 32.4 Å². The third kappa shape index (κ3) is 5.81. The van der Waals surface area contributed by atoms with Crippen molar-refractivity contribution in [1.82, 2.24) is 9.99 Å². The summed E-state index contributed by atoms with van der Waals surface area (Å²) in [6.45, 7) is 5.01. The van der Waals surface area contributed by atoms with Crippen LogP contribution in [0.2, 0.25) is 0 Å². The Hall–Kier alpha value is -4.31. The zero-order chi connectivity index (χ0) is 27.4. The molecule has 0 aliphatic heterocycles. The molecule has 3 aromatic carbocycles. The molecule has 38 heavy (non-hydrogen) atoms. The molecule has 0 spiro atoms. The minimum Gasteiger partial charge on any atom is -0.318 e. The highest BCUT2D eigenvalue weighted by molar-refractivity contribution is 7.92. The van der Waals surface area contributed by atoms with E-state index in [0.29, 0.717) is 0 Å². The summed E-state index contributed by atoms with van der Waals surface area (Å²) in [5.41, 5.74) is 6.58. The number of hydrogen-bond donors (Lipinski definition) is 1. The van der Waals surface area contributed by atoms with Crippen LogP contribution in [-0.4, -0.2) is 31.7 Å². The Kier molecular flexibility index (Phi) is 7.72. The molecule has 0 radical (unpaired) electrons. The van der Waals surface area contributed by atoms with Gasteiger partial charge in [0.25, 0.3) is 15.9 Å². The van der Waals surface area contributed by atoms with E-state index in [1.54, 1.807) is 24.3 Å². The van der Waals surface area contributed by atoms with E-state index < -0.39 is 28.3 Å². The molecular formula is C28H26F2N4O3S. The fourth-order valence-corrected chi connectivity index (χ4v) is 5.43. The van der Waals surface area contributed by atoms with Gasteiger partial charge in [0.15, 0.2) is 0 Å². The normalized spacial score (nSPS) is 11.6. The number of carbonyl (C=O) groups excluding carboxylic acids is 1. The summed E-state index contributed by atoms with van der Waals surface area (Å²) in [6.07, 6.45) is 1.46. The van der Waals surface area contributed by atoms with Crippen molar-refractivity contribution in [2.75, 3.05) is 10.8 Å². The Morgan fingerprint density at radius 2 is 1.50 bits per heavy atom. The van der Waals surface area contributed by atoms with Crippen molar-refractivity contribution in [1.29, 1.82) is 0 Å². The molecule has 0 saturated heterocycles. The third-order valence-corrected chi connectivity index (χ3v) is 7.75. The first-order chi connectivity index (χ1) is 18.1. The molecule has 4 rings (SSSR count). The van der Waals surface area contributed by atoms with Crippen LogP contribution in [-0.2, 0) is 14.8 Å². The molecule has 0 aliphatic rings. The monoisotopic (exact) mass is 536 g/mol. The standard InChI is InChI=1S/C28H26F2N4O3S/c1-19-4-14-27(15-5-19)38(36,37)33(25-10-6-23(29)7-11-25)18-28(35)32-31-17-22-16-20(2)34(21(22)3)26-12-8-24(30)9-13-26/h4-17H,18H2,1-3H3,(H,32,35)/b31-17-. The Bertz CT molecular complexity index is 1580. The van der Waals surface area contributed by atoms with Crippen molar-refractivity contribution in [3.8, 4) is 5.69 Å². The van der Waals surface area contributed by atoms with Crippen LogP contribution < -0.4 is 9.73 Å². The topological polar surface area (TPSA) is 83.8 Å². The number of anilines is 1. The Balaban J connectivity index is 1.54. The summed E-state index contributed by atoms with van der Waals surface area (Å²) >= 11 is 0. The van der Waals surface area contributed by atoms with E-state index in [0.717, 1.165) is 44.6 Å². The largest absolute Gasteiger partial charge is 0.318 e. The van der Waals surface area contributed by atoms with Crippen LogP contribution in [0.3, 0.4) is 0 Å². The molecule has 4 aromatic rings. The van der Waals surface area contributed by atoms with Gasteiger partial charge in [-0.05, 0) is 87.5 Å². The summed E-state index contributed by atoms with van der Waals surface area (Å²) in [6, 6.07) is 19.0. The quantitative estimate of drug-likeness (QED) is 0.253. The average molecular weight is 537 g/mol. The van der Waals surface area contributed by atoms with Gasteiger partial charge in [0.05, 0.1) is 16.8 Å². The van der Waals surface area contributed by atoms with E-state index >= 15 is 0 Å². The van der Waals surface area contributed by atoms with E-state index in [9.17, 15) is 22.0 Å². The maximum Gasteiger partial charge on any atom is 0.264 e. The lowest BCUT2D eigenvalue weighted by Gasteiger charge is -2.23. The molecular weight excluding hydrogens is 510 g/mol. The van der Waals surface area contributed by atoms with Gasteiger partial charge in [-0.1, -0.05) is 17.7 Å². The van der Waals surface area contributed by atoms with Crippen molar-refractivity contribution < 1.29 is 22.0 Å². The van der Waals surface area contributed by atoms with E-state index in [4.69, 9.17) is 0 Å². The molecule has 0 saturated carbocycles. The van der Waals surface area contributed by atoms with Gasteiger partial charge in [-0.25, -0.2) is 22.6 Å². The van der Waals surface area contributed by atoms with E-state index in [1.807, 2.05) is 31.4 Å². The second-order valence-corrected chi connectivity index (χ2v) is 10.6. The van der Waals surface area contributed by atoms with Crippen LogP contribution in [0.15, 0.2) is 88.9 Å².